The molecule has 1 spiro atoms. The fourth-order valence-corrected chi connectivity index (χ4v) is 5.83. The lowest BCUT2D eigenvalue weighted by atomic mass is 9.74. The number of para-hydroxylation sites is 1. The number of imidazole rings is 1. The Labute approximate surface area is 227 Å². The topological polar surface area (TPSA) is 67.7 Å². The number of piperidine rings is 1. The lowest BCUT2D eigenvalue weighted by Gasteiger charge is -2.38. The summed E-state index contributed by atoms with van der Waals surface area (Å²) in [5.74, 6) is 0.774. The lowest BCUT2D eigenvalue weighted by Crippen LogP contribution is -2.51. The summed E-state index contributed by atoms with van der Waals surface area (Å²) in [4.78, 5) is 35.2. The predicted octanol–water partition coefficient (Wildman–Crippen LogP) is 6.25. The molecule has 0 N–H and O–H groups in total. The summed E-state index contributed by atoms with van der Waals surface area (Å²) in [6, 6.07) is 13.5. The second kappa shape index (κ2) is 10.2. The maximum atomic E-state index is 14.2. The molecule has 0 unspecified atom stereocenters. The third-order valence-corrected chi connectivity index (χ3v) is 7.72. The van der Waals surface area contributed by atoms with Gasteiger partial charge >= 0.3 is 6.09 Å². The third kappa shape index (κ3) is 4.86. The lowest BCUT2D eigenvalue weighted by molar-refractivity contribution is -0.125. The Hall–Kier alpha value is -3.13. The zero-order valence-corrected chi connectivity index (χ0v) is 22.9. The fraction of sp³-hybridized carbons (Fsp3) is 0.483. The van der Waals surface area contributed by atoms with Crippen LogP contribution in [0.25, 0.3) is 11.0 Å². The first-order valence-corrected chi connectivity index (χ1v) is 13.6. The molecule has 2 aliphatic rings. The average Bonchev–Trinajstić information content (AvgIpc) is 3.32. The molecule has 38 heavy (non-hydrogen) atoms. The first-order chi connectivity index (χ1) is 18.1. The van der Waals surface area contributed by atoms with Crippen LogP contribution in [0.3, 0.4) is 0 Å². The highest BCUT2D eigenvalue weighted by atomic mass is 35.5. The van der Waals surface area contributed by atoms with Crippen molar-refractivity contribution in [1.29, 1.82) is 0 Å². The number of benzene rings is 2. The Morgan fingerprint density at radius 3 is 2.58 bits per heavy atom. The van der Waals surface area contributed by atoms with E-state index in [1.807, 2.05) is 68.1 Å². The number of ether oxygens (including phenoxy) is 1. The normalized spacial score (nSPS) is 16.9. The van der Waals surface area contributed by atoms with E-state index in [1.165, 1.54) is 0 Å². The van der Waals surface area contributed by atoms with Crippen molar-refractivity contribution in [2.24, 2.45) is 0 Å². The number of aromatic nitrogens is 2. The van der Waals surface area contributed by atoms with Gasteiger partial charge in [-0.2, -0.15) is 0 Å². The van der Waals surface area contributed by atoms with E-state index in [0.29, 0.717) is 56.9 Å². The highest BCUT2D eigenvalue weighted by Gasteiger charge is 2.52. The number of likely N-dealkylation sites (tertiary alicyclic amines) is 1. The van der Waals surface area contributed by atoms with Crippen LogP contribution in [0, 0.1) is 0 Å². The summed E-state index contributed by atoms with van der Waals surface area (Å²) in [5.41, 5.74) is 2.29. The van der Waals surface area contributed by atoms with E-state index >= 15 is 0 Å². The second-order valence-corrected chi connectivity index (χ2v) is 11.6. The van der Waals surface area contributed by atoms with Crippen molar-refractivity contribution in [3.8, 4) is 0 Å². The van der Waals surface area contributed by atoms with Gasteiger partial charge in [-0.05, 0) is 76.3 Å². The third-order valence-electron chi connectivity index (χ3n) is 7.49. The number of unbranched alkanes of at least 4 members (excludes halogenated alkanes) is 1. The van der Waals surface area contributed by atoms with Crippen LogP contribution >= 0.6 is 11.6 Å². The van der Waals surface area contributed by atoms with Gasteiger partial charge in [0.15, 0.2) is 0 Å². The first kappa shape index (κ1) is 26.5. The van der Waals surface area contributed by atoms with Crippen LogP contribution in [0.1, 0.15) is 57.8 Å². The number of carbonyl (C=O) groups excluding carboxylic acids is 2. The number of nitrogens with zero attached hydrogens (tertiary/aromatic N) is 4. The Kier molecular flexibility index (Phi) is 7.11. The van der Waals surface area contributed by atoms with Gasteiger partial charge in [0.2, 0.25) is 5.91 Å². The minimum atomic E-state index is -0.691. The van der Waals surface area contributed by atoms with Crippen LogP contribution in [0.5, 0.6) is 0 Å². The zero-order valence-electron chi connectivity index (χ0n) is 22.2. The smallest absolute Gasteiger partial charge is 0.410 e. The molecule has 9 heteroatoms. The van der Waals surface area contributed by atoms with E-state index < -0.39 is 11.0 Å². The molecule has 1 saturated heterocycles. The summed E-state index contributed by atoms with van der Waals surface area (Å²) in [6.07, 6.45) is 1.85. The van der Waals surface area contributed by atoms with Gasteiger partial charge in [0.25, 0.3) is 0 Å². The van der Waals surface area contributed by atoms with E-state index in [1.54, 1.807) is 4.90 Å². The minimum absolute atomic E-state index is 0.0305. The van der Waals surface area contributed by atoms with Crippen LogP contribution in [0.4, 0.5) is 14.9 Å². The SMILES string of the molecule is CC(C)(C)OC(=O)N1CCC2(CC1)C(=O)N(Cc1nc3cc(Cl)ccc3n1CCCCF)c1ccccc12. The van der Waals surface area contributed by atoms with Crippen LogP contribution in [0.15, 0.2) is 42.5 Å². The van der Waals surface area contributed by atoms with Crippen LogP contribution in [-0.2, 0) is 28.0 Å². The molecule has 0 atom stereocenters. The highest BCUT2D eigenvalue weighted by molar-refractivity contribution is 6.31. The largest absolute Gasteiger partial charge is 0.444 e. The maximum absolute atomic E-state index is 14.2. The quantitative estimate of drug-likeness (QED) is 0.346. The van der Waals surface area contributed by atoms with Gasteiger partial charge in [0.1, 0.15) is 11.4 Å². The van der Waals surface area contributed by atoms with E-state index in [9.17, 15) is 14.0 Å². The Morgan fingerprint density at radius 1 is 1.13 bits per heavy atom. The summed E-state index contributed by atoms with van der Waals surface area (Å²) < 4.78 is 20.5. The summed E-state index contributed by atoms with van der Waals surface area (Å²) >= 11 is 6.23. The maximum Gasteiger partial charge on any atom is 0.410 e. The van der Waals surface area contributed by atoms with Crippen molar-refractivity contribution < 1.29 is 18.7 Å². The molecule has 0 aliphatic carbocycles. The first-order valence-electron chi connectivity index (χ1n) is 13.2. The molecule has 5 rings (SSSR count). The number of hydrogen-bond donors (Lipinski definition) is 0. The van der Waals surface area contributed by atoms with Crippen molar-refractivity contribution in [3.05, 3.63) is 58.9 Å². The molecule has 0 saturated carbocycles. The van der Waals surface area contributed by atoms with Crippen LogP contribution < -0.4 is 4.90 Å². The molecule has 1 aromatic heterocycles. The number of carbonyl (C=O) groups is 2. The Balaban J connectivity index is 1.44. The number of anilines is 1. The minimum Gasteiger partial charge on any atom is -0.444 e. The highest BCUT2D eigenvalue weighted by Crippen LogP contribution is 2.48. The molecule has 3 heterocycles. The number of rotatable bonds is 6. The van der Waals surface area contributed by atoms with Gasteiger partial charge in [0, 0.05) is 30.3 Å². The molecule has 0 bridgehead atoms. The number of alkyl halides is 1. The van der Waals surface area contributed by atoms with E-state index in [0.717, 1.165) is 28.1 Å². The van der Waals surface area contributed by atoms with E-state index in [-0.39, 0.29) is 18.7 Å². The summed E-state index contributed by atoms with van der Waals surface area (Å²) in [6.45, 7) is 6.99. The van der Waals surface area contributed by atoms with Crippen LogP contribution in [0.2, 0.25) is 5.02 Å². The predicted molar refractivity (Wildman–Crippen MR) is 146 cm³/mol. The molecule has 202 valence electrons. The molecule has 1 fully saturated rings. The molecule has 2 amide bonds. The fourth-order valence-electron chi connectivity index (χ4n) is 5.66. The Morgan fingerprint density at radius 2 is 1.87 bits per heavy atom. The van der Waals surface area contributed by atoms with Gasteiger partial charge in [-0.15, -0.1) is 0 Å². The molecule has 0 radical (unpaired) electrons. The summed E-state index contributed by atoms with van der Waals surface area (Å²) in [5, 5.41) is 0.593. The average molecular weight is 541 g/mol. The van der Waals surface area contributed by atoms with Crippen molar-refractivity contribution in [2.45, 2.75) is 70.6 Å². The molecular weight excluding hydrogens is 507 g/mol. The zero-order chi connectivity index (χ0) is 27.1. The second-order valence-electron chi connectivity index (χ2n) is 11.2. The van der Waals surface area contributed by atoms with Gasteiger partial charge in [-0.25, -0.2) is 9.78 Å². The van der Waals surface area contributed by atoms with Gasteiger partial charge in [-0.1, -0.05) is 29.8 Å². The van der Waals surface area contributed by atoms with Crippen molar-refractivity contribution in [3.63, 3.8) is 0 Å². The van der Waals surface area contributed by atoms with Crippen molar-refractivity contribution in [2.75, 3.05) is 24.7 Å². The monoisotopic (exact) mass is 540 g/mol. The molecule has 7 nitrogen and oxygen atoms in total. The van der Waals surface area contributed by atoms with E-state index in [2.05, 4.69) is 4.57 Å². The van der Waals surface area contributed by atoms with Crippen molar-refractivity contribution in [1.82, 2.24) is 14.5 Å². The molecular formula is C29H34ClFN4O3. The number of amides is 2. The number of halogens is 2. The molecule has 2 aliphatic heterocycles. The van der Waals surface area contributed by atoms with Crippen molar-refractivity contribution >= 4 is 40.3 Å². The van der Waals surface area contributed by atoms with Crippen LogP contribution in [-0.4, -0.2) is 51.8 Å². The standard InChI is InChI=1S/C29H34ClFN4O3/c1-28(2,3)38-27(37)33-16-12-29(13-17-33)21-8-4-5-9-23(21)35(26(29)36)19-25-32-22-18-20(30)10-11-24(22)34(25)15-7-6-14-31/h4-5,8-11,18H,6-7,12-17,19H2,1-3H3. The molecule has 3 aromatic rings. The number of hydrogen-bond acceptors (Lipinski definition) is 4. The number of aryl methyl sites for hydroxylation is 1. The van der Waals surface area contributed by atoms with E-state index in [4.69, 9.17) is 21.3 Å². The van der Waals surface area contributed by atoms with Gasteiger partial charge in [0.05, 0.1) is 29.7 Å². The molecule has 2 aromatic carbocycles. The summed E-state index contributed by atoms with van der Waals surface area (Å²) in [7, 11) is 0. The number of fused-ring (bicyclic) bond motifs is 3. The Bertz CT molecular complexity index is 1360. The van der Waals surface area contributed by atoms with Gasteiger partial charge in [-0.3, -0.25) is 9.18 Å². The van der Waals surface area contributed by atoms with Gasteiger partial charge < -0.3 is 19.1 Å².